The number of rotatable bonds is 5. The molecule has 0 saturated carbocycles. The third kappa shape index (κ3) is 3.92. The minimum Gasteiger partial charge on any atom is -0.495 e. The van der Waals surface area contributed by atoms with E-state index in [4.69, 9.17) is 21.1 Å². The maximum absolute atomic E-state index is 12.8. The monoisotopic (exact) mass is 436 g/mol. The van der Waals surface area contributed by atoms with Crippen LogP contribution in [-0.2, 0) is 26.0 Å². The van der Waals surface area contributed by atoms with Gasteiger partial charge < -0.3 is 14.4 Å². The molecule has 1 amide bonds. The number of hydrogen-bond acceptors (Lipinski definition) is 5. The molecule has 1 N–H and O–H groups in total. The summed E-state index contributed by atoms with van der Waals surface area (Å²) in [5, 5.41) is 0.295. The van der Waals surface area contributed by atoms with E-state index in [1.165, 1.54) is 19.2 Å². The van der Waals surface area contributed by atoms with Crippen molar-refractivity contribution in [3.05, 3.63) is 47.0 Å². The Morgan fingerprint density at radius 2 is 2.10 bits per heavy atom. The smallest absolute Gasteiger partial charge is 0.265 e. The molecule has 154 valence electrons. The van der Waals surface area contributed by atoms with Crippen LogP contribution >= 0.6 is 11.6 Å². The van der Waals surface area contributed by atoms with E-state index < -0.39 is 10.0 Å². The van der Waals surface area contributed by atoms with Crippen LogP contribution in [0.5, 0.6) is 5.75 Å². The van der Waals surface area contributed by atoms with Crippen LogP contribution in [0.4, 0.5) is 11.4 Å². The molecule has 2 aromatic rings. The van der Waals surface area contributed by atoms with E-state index in [2.05, 4.69) is 4.72 Å². The number of benzene rings is 2. The van der Waals surface area contributed by atoms with Gasteiger partial charge in [-0.2, -0.15) is 0 Å². The number of hydrogen-bond donors (Lipinski definition) is 1. The molecule has 2 aliphatic rings. The maximum atomic E-state index is 12.8. The summed E-state index contributed by atoms with van der Waals surface area (Å²) >= 11 is 5.96. The predicted molar refractivity (Wildman–Crippen MR) is 110 cm³/mol. The van der Waals surface area contributed by atoms with E-state index in [9.17, 15) is 13.2 Å². The summed E-state index contributed by atoms with van der Waals surface area (Å²) in [5.74, 6) is 0.176. The Balaban J connectivity index is 1.57. The lowest BCUT2D eigenvalue weighted by molar-refractivity contribution is -0.127. The molecule has 29 heavy (non-hydrogen) atoms. The molecule has 7 nitrogen and oxygen atoms in total. The van der Waals surface area contributed by atoms with Crippen molar-refractivity contribution in [3.8, 4) is 5.75 Å². The summed E-state index contributed by atoms with van der Waals surface area (Å²) in [7, 11) is -2.50. The molecule has 1 unspecified atom stereocenters. The highest BCUT2D eigenvalue weighted by molar-refractivity contribution is 7.92. The van der Waals surface area contributed by atoms with Gasteiger partial charge in [-0.3, -0.25) is 9.52 Å². The zero-order chi connectivity index (χ0) is 20.6. The Hall–Kier alpha value is -2.29. The minimum absolute atomic E-state index is 0.0294. The molecule has 2 aliphatic heterocycles. The molecule has 1 fully saturated rings. The highest BCUT2D eigenvalue weighted by Gasteiger charge is 2.33. The standard InChI is InChI=1S/C20H21ClN2O5S/c1-27-17-7-4-14(21)12-19(17)29(25,26)22-15-5-6-16-13(11-15)8-9-23(16)20(24)18-3-2-10-28-18/h4-7,11-12,18,22H,2-3,8-10H2,1H3. The Labute approximate surface area is 174 Å². The first kappa shape index (κ1) is 20.0. The van der Waals surface area contributed by atoms with Crippen LogP contribution in [0, 0.1) is 0 Å². The first-order valence-electron chi connectivity index (χ1n) is 9.31. The van der Waals surface area contributed by atoms with E-state index >= 15 is 0 Å². The number of ether oxygens (including phenoxy) is 2. The first-order chi connectivity index (χ1) is 13.9. The van der Waals surface area contributed by atoms with Crippen LogP contribution in [0.2, 0.25) is 5.02 Å². The van der Waals surface area contributed by atoms with Crippen LogP contribution in [0.3, 0.4) is 0 Å². The number of nitrogens with zero attached hydrogens (tertiary/aromatic N) is 1. The fraction of sp³-hybridized carbons (Fsp3) is 0.350. The van der Waals surface area contributed by atoms with Gasteiger partial charge >= 0.3 is 0 Å². The number of halogens is 1. The van der Waals surface area contributed by atoms with Crippen molar-refractivity contribution in [2.45, 2.75) is 30.3 Å². The highest BCUT2D eigenvalue weighted by atomic mass is 35.5. The molecule has 2 aromatic carbocycles. The lowest BCUT2D eigenvalue weighted by Gasteiger charge is -2.21. The third-order valence-electron chi connectivity index (χ3n) is 5.11. The predicted octanol–water partition coefficient (Wildman–Crippen LogP) is 3.22. The van der Waals surface area contributed by atoms with Crippen molar-refractivity contribution < 1.29 is 22.7 Å². The second-order valence-electron chi connectivity index (χ2n) is 6.99. The molecular weight excluding hydrogens is 416 g/mol. The summed E-state index contributed by atoms with van der Waals surface area (Å²) in [6.45, 7) is 1.18. The van der Waals surface area contributed by atoms with Crippen molar-refractivity contribution in [2.75, 3.05) is 29.9 Å². The average Bonchev–Trinajstić information content (AvgIpc) is 3.37. The van der Waals surface area contributed by atoms with Gasteiger partial charge in [-0.05, 0) is 61.2 Å². The summed E-state index contributed by atoms with van der Waals surface area (Å²) < 4.78 is 38.9. The number of methoxy groups -OCH3 is 1. The van der Waals surface area contributed by atoms with Crippen LogP contribution in [0.25, 0.3) is 0 Å². The van der Waals surface area contributed by atoms with Crippen molar-refractivity contribution in [3.63, 3.8) is 0 Å². The minimum atomic E-state index is -3.90. The largest absolute Gasteiger partial charge is 0.495 e. The van der Waals surface area contributed by atoms with Gasteiger partial charge in [0, 0.05) is 29.5 Å². The van der Waals surface area contributed by atoms with E-state index in [1.54, 1.807) is 29.2 Å². The fourth-order valence-corrected chi connectivity index (χ4v) is 5.19. The van der Waals surface area contributed by atoms with Crippen molar-refractivity contribution >= 4 is 38.9 Å². The summed E-state index contributed by atoms with van der Waals surface area (Å²) in [4.78, 5) is 14.4. The third-order valence-corrected chi connectivity index (χ3v) is 6.75. The molecule has 1 saturated heterocycles. The van der Waals surface area contributed by atoms with Crippen LogP contribution in [0.1, 0.15) is 18.4 Å². The van der Waals surface area contributed by atoms with Gasteiger partial charge in [-0.25, -0.2) is 8.42 Å². The lowest BCUT2D eigenvalue weighted by Crippen LogP contribution is -2.37. The molecule has 1 atom stereocenters. The molecule has 0 spiro atoms. The SMILES string of the molecule is COc1ccc(Cl)cc1S(=O)(=O)Nc1ccc2c(c1)CCN2C(=O)C1CCCO1. The second kappa shape index (κ2) is 7.85. The molecule has 0 aromatic heterocycles. The number of nitrogens with one attached hydrogen (secondary N) is 1. The first-order valence-corrected chi connectivity index (χ1v) is 11.2. The van der Waals surface area contributed by atoms with Gasteiger partial charge in [-0.15, -0.1) is 0 Å². The van der Waals surface area contributed by atoms with Crippen molar-refractivity contribution in [1.82, 2.24) is 0 Å². The van der Waals surface area contributed by atoms with E-state index in [0.29, 0.717) is 30.3 Å². The molecule has 2 heterocycles. The molecule has 4 rings (SSSR count). The van der Waals surface area contributed by atoms with Gasteiger partial charge in [0.05, 0.1) is 7.11 Å². The quantitative estimate of drug-likeness (QED) is 0.777. The summed E-state index contributed by atoms with van der Waals surface area (Å²) in [6.07, 6.45) is 1.91. The Morgan fingerprint density at radius 1 is 1.28 bits per heavy atom. The van der Waals surface area contributed by atoms with Gasteiger partial charge in [0.25, 0.3) is 15.9 Å². The highest BCUT2D eigenvalue weighted by Crippen LogP contribution is 2.34. The summed E-state index contributed by atoms with van der Waals surface area (Å²) in [6, 6.07) is 9.59. The zero-order valence-electron chi connectivity index (χ0n) is 15.9. The summed E-state index contributed by atoms with van der Waals surface area (Å²) in [5.41, 5.74) is 2.13. The number of fused-ring (bicyclic) bond motifs is 1. The van der Waals surface area contributed by atoms with Crippen molar-refractivity contribution in [2.24, 2.45) is 0 Å². The van der Waals surface area contributed by atoms with Crippen LogP contribution < -0.4 is 14.4 Å². The van der Waals surface area contributed by atoms with E-state index in [-0.39, 0.29) is 22.7 Å². The number of carbonyl (C=O) groups excluding carboxylic acids is 1. The van der Waals surface area contributed by atoms with Crippen molar-refractivity contribution in [1.29, 1.82) is 0 Å². The molecular formula is C20H21ClN2O5S. The maximum Gasteiger partial charge on any atom is 0.265 e. The molecule has 0 aliphatic carbocycles. The number of amides is 1. The molecule has 9 heteroatoms. The molecule has 0 bridgehead atoms. The van der Waals surface area contributed by atoms with Crippen LogP contribution in [-0.4, -0.2) is 40.7 Å². The number of carbonyl (C=O) groups is 1. The van der Waals surface area contributed by atoms with Gasteiger partial charge in [-0.1, -0.05) is 11.6 Å². The Morgan fingerprint density at radius 3 is 2.83 bits per heavy atom. The number of anilines is 2. The molecule has 0 radical (unpaired) electrons. The second-order valence-corrected chi connectivity index (χ2v) is 9.07. The Bertz CT molecular complexity index is 1050. The van der Waals surface area contributed by atoms with Gasteiger partial charge in [0.15, 0.2) is 0 Å². The fourth-order valence-electron chi connectivity index (χ4n) is 3.71. The number of sulfonamides is 1. The van der Waals surface area contributed by atoms with Crippen LogP contribution in [0.15, 0.2) is 41.3 Å². The van der Waals surface area contributed by atoms with E-state index in [1.807, 2.05) is 0 Å². The topological polar surface area (TPSA) is 84.9 Å². The Kier molecular flexibility index (Phi) is 5.42. The van der Waals surface area contributed by atoms with Gasteiger partial charge in [0.2, 0.25) is 0 Å². The lowest BCUT2D eigenvalue weighted by atomic mass is 10.1. The average molecular weight is 437 g/mol. The normalized spacial score (nSPS) is 18.6. The van der Waals surface area contributed by atoms with Gasteiger partial charge in [0.1, 0.15) is 16.7 Å². The van der Waals surface area contributed by atoms with E-state index in [0.717, 1.165) is 24.1 Å². The zero-order valence-corrected chi connectivity index (χ0v) is 17.4.